The molecule has 1 aliphatic heterocycles. The first-order chi connectivity index (χ1) is 15.2. The number of rotatable bonds is 6. The van der Waals surface area contributed by atoms with Crippen LogP contribution in [0.15, 0.2) is 42.5 Å². The summed E-state index contributed by atoms with van der Waals surface area (Å²) in [4.78, 5) is 38.1. The lowest BCUT2D eigenvalue weighted by Gasteiger charge is -2.36. The van der Waals surface area contributed by atoms with Crippen LogP contribution in [0.1, 0.15) is 23.2 Å². The number of halogens is 2. The number of nitriles is 1. The fourth-order valence-corrected chi connectivity index (χ4v) is 3.67. The average molecular weight is 459 g/mol. The van der Waals surface area contributed by atoms with E-state index in [0.717, 1.165) is 0 Å². The van der Waals surface area contributed by atoms with Gasteiger partial charge in [0.05, 0.1) is 11.8 Å². The van der Waals surface area contributed by atoms with Crippen molar-refractivity contribution in [2.24, 2.45) is 11.1 Å². The first-order valence-electron chi connectivity index (χ1n) is 9.72. The summed E-state index contributed by atoms with van der Waals surface area (Å²) in [6.07, 6.45) is 0.307. The number of piperidine rings is 1. The topological polar surface area (TPSA) is 126 Å². The molecule has 10 heteroatoms. The number of nitrogens with two attached hydrogens (primary N) is 1. The highest BCUT2D eigenvalue weighted by Crippen LogP contribution is 2.35. The number of urea groups is 1. The maximum Gasteiger partial charge on any atom is 0.316 e. The van der Waals surface area contributed by atoms with Gasteiger partial charge in [-0.2, -0.15) is 5.26 Å². The Kier molecular flexibility index (Phi) is 6.95. The van der Waals surface area contributed by atoms with Crippen LogP contribution in [-0.2, 0) is 4.79 Å². The smallest absolute Gasteiger partial charge is 0.316 e. The number of hydrogen-bond donors (Lipinski definition) is 2. The van der Waals surface area contributed by atoms with Gasteiger partial charge in [-0.15, -0.1) is 0 Å². The zero-order valence-electron chi connectivity index (χ0n) is 16.9. The highest BCUT2D eigenvalue weighted by molar-refractivity contribution is 6.31. The summed E-state index contributed by atoms with van der Waals surface area (Å²) in [5.41, 5.74) is 4.34. The van der Waals surface area contributed by atoms with E-state index in [2.05, 4.69) is 11.4 Å². The fraction of sp³-hybridized carbons (Fsp3) is 0.273. The Labute approximate surface area is 188 Å². The number of hydrogen-bond acceptors (Lipinski definition) is 5. The molecule has 166 valence electrons. The molecule has 0 bridgehead atoms. The maximum atomic E-state index is 13.1. The molecule has 32 heavy (non-hydrogen) atoms. The number of benzene rings is 2. The summed E-state index contributed by atoms with van der Waals surface area (Å²) in [7, 11) is 0. The summed E-state index contributed by atoms with van der Waals surface area (Å²) in [6.45, 7) is 0.0614. The predicted octanol–water partition coefficient (Wildman–Crippen LogP) is 3.36. The lowest BCUT2D eigenvalue weighted by atomic mass is 9.74. The molecule has 0 atom stereocenters. The molecule has 3 rings (SSSR count). The van der Waals surface area contributed by atoms with Gasteiger partial charge >= 0.3 is 6.03 Å². The number of Topliss-reactive ketones (excluding diaryl/α,β-unsaturated/α-hetero) is 1. The molecule has 2 aromatic rings. The van der Waals surface area contributed by atoms with E-state index in [1.165, 1.54) is 47.4 Å². The summed E-state index contributed by atoms with van der Waals surface area (Å²) in [6, 6.07) is 10.8. The Bertz CT molecular complexity index is 1080. The molecular formula is C22H20ClFN4O4. The Morgan fingerprint density at radius 2 is 1.84 bits per heavy atom. The van der Waals surface area contributed by atoms with E-state index >= 15 is 0 Å². The van der Waals surface area contributed by atoms with Gasteiger partial charge in [0, 0.05) is 23.7 Å². The Hall–Kier alpha value is -3.64. The molecule has 1 fully saturated rings. The normalized spacial score (nSPS) is 14.8. The van der Waals surface area contributed by atoms with Crippen molar-refractivity contribution in [3.05, 3.63) is 58.9 Å². The second-order valence-corrected chi connectivity index (χ2v) is 7.77. The summed E-state index contributed by atoms with van der Waals surface area (Å²) >= 11 is 5.91. The molecular weight excluding hydrogens is 439 g/mol. The number of nitrogens with zero attached hydrogens (tertiary/aromatic N) is 2. The first-order valence-corrected chi connectivity index (χ1v) is 10.1. The highest BCUT2D eigenvalue weighted by Gasteiger charge is 2.43. The fourth-order valence-electron chi connectivity index (χ4n) is 3.49. The van der Waals surface area contributed by atoms with E-state index in [1.54, 1.807) is 0 Å². The van der Waals surface area contributed by atoms with Gasteiger partial charge < -0.3 is 20.7 Å². The number of ether oxygens (including phenoxy) is 1. The van der Waals surface area contributed by atoms with Crippen molar-refractivity contribution in [1.82, 2.24) is 4.90 Å². The van der Waals surface area contributed by atoms with Crippen molar-refractivity contribution in [2.75, 3.05) is 25.0 Å². The van der Waals surface area contributed by atoms with E-state index in [1.807, 2.05) is 0 Å². The summed E-state index contributed by atoms with van der Waals surface area (Å²) in [5.74, 6) is -0.975. The van der Waals surface area contributed by atoms with Crippen molar-refractivity contribution in [3.8, 4) is 11.8 Å². The van der Waals surface area contributed by atoms with Crippen LogP contribution in [-0.4, -0.2) is 42.3 Å². The Morgan fingerprint density at radius 3 is 2.44 bits per heavy atom. The number of amides is 3. The first kappa shape index (κ1) is 23.0. The molecule has 0 spiro atoms. The van der Waals surface area contributed by atoms with Crippen LogP contribution in [0.4, 0.5) is 14.9 Å². The van der Waals surface area contributed by atoms with Crippen molar-refractivity contribution >= 4 is 35.0 Å². The highest BCUT2D eigenvalue weighted by atomic mass is 35.5. The van der Waals surface area contributed by atoms with Crippen LogP contribution in [0.25, 0.3) is 0 Å². The number of primary amides is 1. The van der Waals surface area contributed by atoms with Crippen LogP contribution in [0.2, 0.25) is 5.02 Å². The Balaban J connectivity index is 1.62. The van der Waals surface area contributed by atoms with Gasteiger partial charge in [-0.25, -0.2) is 9.18 Å². The monoisotopic (exact) mass is 458 g/mol. The van der Waals surface area contributed by atoms with Crippen LogP contribution >= 0.6 is 11.6 Å². The maximum absolute atomic E-state index is 13.1. The molecule has 0 unspecified atom stereocenters. The molecule has 1 heterocycles. The quantitative estimate of drug-likeness (QED) is 0.642. The number of anilines is 1. The third-order valence-electron chi connectivity index (χ3n) is 5.28. The molecule has 0 aliphatic carbocycles. The minimum absolute atomic E-state index is 0.154. The predicted molar refractivity (Wildman–Crippen MR) is 115 cm³/mol. The van der Waals surface area contributed by atoms with E-state index in [4.69, 9.17) is 22.1 Å². The Morgan fingerprint density at radius 1 is 1.19 bits per heavy atom. The van der Waals surface area contributed by atoms with Gasteiger partial charge in [0.25, 0.3) is 5.91 Å². The van der Waals surface area contributed by atoms with Gasteiger partial charge in [-0.05, 0) is 55.3 Å². The van der Waals surface area contributed by atoms with Crippen LogP contribution < -0.4 is 15.8 Å². The van der Waals surface area contributed by atoms with Crippen molar-refractivity contribution in [2.45, 2.75) is 12.8 Å². The number of likely N-dealkylation sites (tertiary alicyclic amines) is 1. The second kappa shape index (κ2) is 9.66. The molecule has 3 N–H and O–H groups in total. The minimum Gasteiger partial charge on any atom is -0.482 e. The van der Waals surface area contributed by atoms with E-state index in [9.17, 15) is 24.0 Å². The number of nitrogens with one attached hydrogen (secondary N) is 1. The second-order valence-electron chi connectivity index (χ2n) is 7.33. The summed E-state index contributed by atoms with van der Waals surface area (Å²) in [5, 5.41) is 12.4. The van der Waals surface area contributed by atoms with Gasteiger partial charge in [0.15, 0.2) is 12.4 Å². The average Bonchev–Trinajstić information content (AvgIpc) is 2.78. The van der Waals surface area contributed by atoms with Crippen molar-refractivity contribution < 1.29 is 23.5 Å². The molecule has 1 saturated heterocycles. The third-order valence-corrected chi connectivity index (χ3v) is 5.51. The van der Waals surface area contributed by atoms with Crippen molar-refractivity contribution in [1.29, 1.82) is 5.26 Å². The van der Waals surface area contributed by atoms with E-state index in [0.29, 0.717) is 5.02 Å². The zero-order chi connectivity index (χ0) is 23.3. The van der Waals surface area contributed by atoms with Crippen LogP contribution in [0, 0.1) is 22.6 Å². The van der Waals surface area contributed by atoms with Crippen LogP contribution in [0.5, 0.6) is 5.75 Å². The minimum atomic E-state index is -1.27. The van der Waals surface area contributed by atoms with Gasteiger partial charge in [-0.3, -0.25) is 9.59 Å². The van der Waals surface area contributed by atoms with E-state index < -0.39 is 17.3 Å². The molecule has 8 nitrogen and oxygen atoms in total. The molecule has 0 aromatic heterocycles. The van der Waals surface area contributed by atoms with Gasteiger partial charge in [-0.1, -0.05) is 11.6 Å². The largest absolute Gasteiger partial charge is 0.482 e. The molecule has 1 aliphatic rings. The van der Waals surface area contributed by atoms with Gasteiger partial charge in [0.1, 0.15) is 17.0 Å². The summed E-state index contributed by atoms with van der Waals surface area (Å²) < 4.78 is 18.7. The van der Waals surface area contributed by atoms with Crippen LogP contribution in [0.3, 0.4) is 0 Å². The SMILES string of the molecule is N#CC1(C(=O)c2ccc(F)cc2)CCN(C(=O)COc2ccc(Cl)cc2NC(N)=O)CC1. The number of ketones is 1. The lowest BCUT2D eigenvalue weighted by molar-refractivity contribution is -0.135. The van der Waals surface area contributed by atoms with Crippen molar-refractivity contribution in [3.63, 3.8) is 0 Å². The lowest BCUT2D eigenvalue weighted by Crippen LogP contribution is -2.47. The molecule has 0 saturated carbocycles. The third kappa shape index (κ3) is 5.15. The van der Waals surface area contributed by atoms with Gasteiger partial charge in [0.2, 0.25) is 0 Å². The number of carbonyl (C=O) groups is 3. The standard InChI is InChI=1S/C22H20ClFN4O4/c23-15-3-6-18(17(11-15)27-21(26)31)32-12-19(29)28-9-7-22(13-25,8-10-28)20(30)14-1-4-16(24)5-2-14/h1-6,11H,7-10,12H2,(H3,26,27,31). The molecule has 2 aromatic carbocycles. The molecule has 3 amide bonds. The zero-order valence-corrected chi connectivity index (χ0v) is 17.7. The molecule has 0 radical (unpaired) electrons. The number of carbonyl (C=O) groups excluding carboxylic acids is 3. The van der Waals surface area contributed by atoms with E-state index in [-0.39, 0.29) is 61.2 Å².